The summed E-state index contributed by atoms with van der Waals surface area (Å²) in [6, 6.07) is 8.24. The van der Waals surface area contributed by atoms with Crippen LogP contribution in [0.15, 0.2) is 24.3 Å². The van der Waals surface area contributed by atoms with E-state index in [0.29, 0.717) is 10.4 Å². The van der Waals surface area contributed by atoms with Gasteiger partial charge in [0.15, 0.2) is 0 Å². The topological polar surface area (TPSA) is 29.3 Å². The molecular formula is C17H26N2S. The van der Waals surface area contributed by atoms with Crippen LogP contribution in [-0.4, -0.2) is 23.0 Å². The van der Waals surface area contributed by atoms with Crippen LogP contribution >= 0.6 is 12.2 Å². The second-order valence-electron chi connectivity index (χ2n) is 6.94. The highest BCUT2D eigenvalue weighted by Crippen LogP contribution is 2.34. The molecule has 20 heavy (non-hydrogen) atoms. The van der Waals surface area contributed by atoms with Crippen LogP contribution in [0.3, 0.4) is 0 Å². The number of likely N-dealkylation sites (tertiary alicyclic amines) is 1. The smallest absolute Gasteiger partial charge is 0.104 e. The molecule has 1 aromatic carbocycles. The van der Waals surface area contributed by atoms with E-state index in [1.165, 1.54) is 31.5 Å². The Morgan fingerprint density at radius 2 is 1.85 bits per heavy atom. The molecule has 0 unspecified atom stereocenters. The maximum absolute atomic E-state index is 5.81. The predicted molar refractivity (Wildman–Crippen MR) is 89.8 cm³/mol. The third-order valence-corrected chi connectivity index (χ3v) is 4.71. The van der Waals surface area contributed by atoms with Crippen molar-refractivity contribution < 1.29 is 0 Å². The lowest BCUT2D eigenvalue weighted by atomic mass is 9.75. The maximum Gasteiger partial charge on any atom is 0.104 e. The molecule has 0 aromatic heterocycles. The molecule has 1 aliphatic rings. The van der Waals surface area contributed by atoms with E-state index in [1.54, 1.807) is 0 Å². The van der Waals surface area contributed by atoms with Gasteiger partial charge in [0, 0.05) is 12.1 Å². The van der Waals surface area contributed by atoms with E-state index in [9.17, 15) is 0 Å². The van der Waals surface area contributed by atoms with E-state index in [1.807, 2.05) is 12.1 Å². The fourth-order valence-corrected chi connectivity index (χ4v) is 3.30. The molecule has 3 heteroatoms. The van der Waals surface area contributed by atoms with Crippen LogP contribution in [0.4, 0.5) is 0 Å². The molecule has 0 amide bonds. The van der Waals surface area contributed by atoms with Crippen LogP contribution in [0.5, 0.6) is 0 Å². The lowest BCUT2D eigenvalue weighted by Crippen LogP contribution is -2.37. The van der Waals surface area contributed by atoms with Gasteiger partial charge in [0.2, 0.25) is 0 Å². The van der Waals surface area contributed by atoms with Crippen molar-refractivity contribution in [1.82, 2.24) is 4.90 Å². The summed E-state index contributed by atoms with van der Waals surface area (Å²) in [6.07, 6.45) is 2.58. The van der Waals surface area contributed by atoms with Crippen molar-refractivity contribution in [3.63, 3.8) is 0 Å². The van der Waals surface area contributed by atoms with Gasteiger partial charge in [0.05, 0.1) is 0 Å². The Hall–Kier alpha value is -0.930. The Morgan fingerprint density at radius 3 is 2.40 bits per heavy atom. The van der Waals surface area contributed by atoms with E-state index in [0.717, 1.165) is 18.0 Å². The first-order valence-corrected chi connectivity index (χ1v) is 7.89. The third kappa shape index (κ3) is 3.80. The molecule has 0 spiro atoms. The van der Waals surface area contributed by atoms with Gasteiger partial charge in [-0.15, -0.1) is 0 Å². The van der Waals surface area contributed by atoms with Crippen LogP contribution in [0.25, 0.3) is 0 Å². The second kappa shape index (κ2) is 6.23. The van der Waals surface area contributed by atoms with Gasteiger partial charge in [0.1, 0.15) is 4.99 Å². The van der Waals surface area contributed by atoms with E-state index in [-0.39, 0.29) is 0 Å². The molecule has 0 atom stereocenters. The van der Waals surface area contributed by atoms with Gasteiger partial charge < -0.3 is 5.73 Å². The lowest BCUT2D eigenvalue weighted by Gasteiger charge is -2.39. The first-order chi connectivity index (χ1) is 9.38. The standard InChI is InChI=1S/C17H26N2S/c1-17(2,3)14-8-10-19(11-9-14)12-13-6-4-5-7-15(13)16(18)20/h4-7,14H,8-12H2,1-3H3,(H2,18,20). The monoisotopic (exact) mass is 290 g/mol. The quantitative estimate of drug-likeness (QED) is 0.863. The minimum absolute atomic E-state index is 0.433. The zero-order chi connectivity index (χ0) is 14.8. The number of nitrogens with two attached hydrogens (primary N) is 1. The van der Waals surface area contributed by atoms with Crippen LogP contribution in [0.2, 0.25) is 0 Å². The number of thiocarbonyl (C=S) groups is 1. The summed E-state index contributed by atoms with van der Waals surface area (Å²) in [6.45, 7) is 10.4. The molecule has 1 saturated heterocycles. The number of piperidine rings is 1. The molecule has 1 fully saturated rings. The summed E-state index contributed by atoms with van der Waals surface area (Å²) in [4.78, 5) is 3.03. The summed E-state index contributed by atoms with van der Waals surface area (Å²) in [5.41, 5.74) is 8.53. The number of hydrogen-bond donors (Lipinski definition) is 1. The highest BCUT2D eigenvalue weighted by atomic mass is 32.1. The van der Waals surface area contributed by atoms with Gasteiger partial charge in [-0.1, -0.05) is 57.3 Å². The molecule has 2 N–H and O–H groups in total. The summed E-state index contributed by atoms with van der Waals surface area (Å²) < 4.78 is 0. The first-order valence-electron chi connectivity index (χ1n) is 7.48. The maximum atomic E-state index is 5.81. The lowest BCUT2D eigenvalue weighted by molar-refractivity contribution is 0.108. The fourth-order valence-electron chi connectivity index (χ4n) is 3.10. The van der Waals surface area contributed by atoms with Gasteiger partial charge in [-0.3, -0.25) is 4.90 Å². The molecule has 2 rings (SSSR count). The molecule has 1 aromatic rings. The minimum atomic E-state index is 0.433. The van der Waals surface area contributed by atoms with Crippen molar-refractivity contribution in [2.75, 3.05) is 13.1 Å². The molecule has 1 aliphatic heterocycles. The van der Waals surface area contributed by atoms with E-state index in [2.05, 4.69) is 37.8 Å². The average Bonchev–Trinajstić information content (AvgIpc) is 2.38. The highest BCUT2D eigenvalue weighted by Gasteiger charge is 2.28. The van der Waals surface area contributed by atoms with Gasteiger partial charge in [-0.05, 0) is 42.8 Å². The third-order valence-electron chi connectivity index (χ3n) is 4.49. The summed E-state index contributed by atoms with van der Waals surface area (Å²) >= 11 is 5.14. The molecule has 110 valence electrons. The van der Waals surface area contributed by atoms with Crippen molar-refractivity contribution in [1.29, 1.82) is 0 Å². The highest BCUT2D eigenvalue weighted by molar-refractivity contribution is 7.80. The number of benzene rings is 1. The van der Waals surface area contributed by atoms with Crippen molar-refractivity contribution in [3.05, 3.63) is 35.4 Å². The van der Waals surface area contributed by atoms with Gasteiger partial charge in [0.25, 0.3) is 0 Å². The van der Waals surface area contributed by atoms with Gasteiger partial charge in [-0.25, -0.2) is 0 Å². The van der Waals surface area contributed by atoms with E-state index < -0.39 is 0 Å². The molecule has 0 bridgehead atoms. The normalized spacial score (nSPS) is 18.1. The summed E-state index contributed by atoms with van der Waals surface area (Å²) in [5.74, 6) is 0.838. The van der Waals surface area contributed by atoms with Crippen molar-refractivity contribution in [3.8, 4) is 0 Å². The predicted octanol–water partition coefficient (Wildman–Crippen LogP) is 3.58. The van der Waals surface area contributed by atoms with Gasteiger partial charge in [-0.2, -0.15) is 0 Å². The molecule has 0 saturated carbocycles. The minimum Gasteiger partial charge on any atom is -0.389 e. The molecular weight excluding hydrogens is 264 g/mol. The average molecular weight is 290 g/mol. The SMILES string of the molecule is CC(C)(C)C1CCN(Cc2ccccc2C(N)=S)CC1. The van der Waals surface area contributed by atoms with Crippen molar-refractivity contribution in [2.24, 2.45) is 17.1 Å². The summed E-state index contributed by atoms with van der Waals surface area (Å²) in [5, 5.41) is 0. The largest absolute Gasteiger partial charge is 0.389 e. The Balaban J connectivity index is 1.98. The van der Waals surface area contributed by atoms with Crippen LogP contribution in [-0.2, 0) is 6.54 Å². The molecule has 2 nitrogen and oxygen atoms in total. The number of hydrogen-bond acceptors (Lipinski definition) is 2. The zero-order valence-electron chi connectivity index (χ0n) is 12.9. The van der Waals surface area contributed by atoms with Crippen molar-refractivity contribution in [2.45, 2.75) is 40.2 Å². The fraction of sp³-hybridized carbons (Fsp3) is 0.588. The number of nitrogens with zero attached hydrogens (tertiary/aromatic N) is 1. The van der Waals surface area contributed by atoms with Crippen LogP contribution in [0, 0.1) is 11.3 Å². The summed E-state index contributed by atoms with van der Waals surface area (Å²) in [7, 11) is 0. The van der Waals surface area contributed by atoms with Crippen LogP contribution in [0.1, 0.15) is 44.7 Å². The Labute approximate surface area is 128 Å². The Morgan fingerprint density at radius 1 is 1.25 bits per heavy atom. The number of rotatable bonds is 3. The van der Waals surface area contributed by atoms with E-state index >= 15 is 0 Å². The van der Waals surface area contributed by atoms with Crippen molar-refractivity contribution >= 4 is 17.2 Å². The zero-order valence-corrected chi connectivity index (χ0v) is 13.7. The molecule has 0 aliphatic carbocycles. The second-order valence-corrected chi connectivity index (χ2v) is 7.38. The van der Waals surface area contributed by atoms with Gasteiger partial charge >= 0.3 is 0 Å². The first kappa shape index (κ1) is 15.5. The Kier molecular flexibility index (Phi) is 4.82. The van der Waals surface area contributed by atoms with Crippen LogP contribution < -0.4 is 5.73 Å². The molecule has 0 radical (unpaired) electrons. The Bertz CT molecular complexity index is 468. The van der Waals surface area contributed by atoms with E-state index in [4.69, 9.17) is 18.0 Å². The molecule has 1 heterocycles.